The zero-order valence-corrected chi connectivity index (χ0v) is 6.77. The summed E-state index contributed by atoms with van der Waals surface area (Å²) in [6, 6.07) is 0. The molecule has 0 radical (unpaired) electrons. The summed E-state index contributed by atoms with van der Waals surface area (Å²) in [5, 5.41) is 24.8. The topological polar surface area (TPSA) is 87.0 Å². The van der Waals surface area contributed by atoms with Gasteiger partial charge in [0.25, 0.3) is 0 Å². The number of aliphatic hydroxyl groups excluding tert-OH is 2. The van der Waals surface area contributed by atoms with Crippen LogP contribution in [0, 0.1) is 0 Å². The fourth-order valence-corrected chi connectivity index (χ4v) is 0.734. The molecule has 5 heteroatoms. The summed E-state index contributed by atoms with van der Waals surface area (Å²) < 4.78 is 4.04. The molecule has 5 nitrogen and oxygen atoms in total. The van der Waals surface area contributed by atoms with Gasteiger partial charge in [-0.2, -0.15) is 0 Å². The number of carbonyl (C=O) groups excluding carboxylic acids is 1. The molecule has 0 aliphatic carbocycles. The van der Waals surface area contributed by atoms with E-state index in [-0.39, 0.29) is 13.0 Å². The Bertz CT molecular complexity index is 123. The van der Waals surface area contributed by atoms with Crippen LogP contribution in [0.3, 0.4) is 0 Å². The monoisotopic (exact) mass is 178 g/mol. The summed E-state index contributed by atoms with van der Waals surface area (Å²) in [5.41, 5.74) is 0. The van der Waals surface area contributed by atoms with Crippen molar-refractivity contribution in [3.05, 3.63) is 0 Å². The van der Waals surface area contributed by atoms with E-state index in [1.807, 2.05) is 0 Å². The Balaban J connectivity index is 3.20. The van der Waals surface area contributed by atoms with Gasteiger partial charge in [0.2, 0.25) is 0 Å². The normalized spacial score (nSPS) is 10.3. The van der Waals surface area contributed by atoms with E-state index in [9.17, 15) is 4.79 Å². The molecule has 0 aliphatic heterocycles. The molecule has 12 heavy (non-hydrogen) atoms. The molecule has 0 unspecified atom stereocenters. The molecule has 0 bridgehead atoms. The largest absolute Gasteiger partial charge is 0.411 e. The molecule has 0 saturated heterocycles. The number of ether oxygens (including phenoxy) is 1. The van der Waals surface area contributed by atoms with Crippen molar-refractivity contribution < 1.29 is 24.9 Å². The lowest BCUT2D eigenvalue weighted by Crippen LogP contribution is -2.16. The maximum atomic E-state index is 10.6. The highest BCUT2D eigenvalue weighted by molar-refractivity contribution is 5.69. The van der Waals surface area contributed by atoms with Gasteiger partial charge in [-0.15, -0.1) is 0 Å². The minimum Gasteiger partial charge on any atom is -0.411 e. The molecule has 0 atom stereocenters. The van der Waals surface area contributed by atoms with Crippen LogP contribution in [0.4, 0.5) is 0 Å². The van der Waals surface area contributed by atoms with Crippen molar-refractivity contribution in [2.45, 2.75) is 32.2 Å². The standard InChI is InChI=1S/C7H14O5/c8-5-3-1-2-4-6(9)12-7(10)11/h7-8,10-11H,1-5H2. The molecule has 72 valence electrons. The van der Waals surface area contributed by atoms with Crippen LogP contribution in [-0.4, -0.2) is 34.4 Å². The second kappa shape index (κ2) is 7.02. The number of hydrogen-bond donors (Lipinski definition) is 3. The maximum Gasteiger partial charge on any atom is 0.313 e. The van der Waals surface area contributed by atoms with Crippen molar-refractivity contribution in [3.63, 3.8) is 0 Å². The molecule has 0 spiro atoms. The average Bonchev–Trinajstić information content (AvgIpc) is 1.97. The molecule has 0 aromatic carbocycles. The van der Waals surface area contributed by atoms with E-state index in [1.54, 1.807) is 0 Å². The Hall–Kier alpha value is -0.650. The molecular weight excluding hydrogens is 164 g/mol. The minimum absolute atomic E-state index is 0.109. The van der Waals surface area contributed by atoms with Gasteiger partial charge >= 0.3 is 12.4 Å². The lowest BCUT2D eigenvalue weighted by Gasteiger charge is -2.04. The highest BCUT2D eigenvalue weighted by Crippen LogP contribution is 2.01. The molecule has 0 rings (SSSR count). The van der Waals surface area contributed by atoms with Crippen LogP contribution in [0.15, 0.2) is 0 Å². The van der Waals surface area contributed by atoms with E-state index in [4.69, 9.17) is 15.3 Å². The molecule has 0 aromatic heterocycles. The summed E-state index contributed by atoms with van der Waals surface area (Å²) in [6.45, 7) is -1.91. The first kappa shape index (κ1) is 11.4. The predicted octanol–water partition coefficient (Wildman–Crippen LogP) is -0.649. The predicted molar refractivity (Wildman–Crippen MR) is 39.9 cm³/mol. The van der Waals surface area contributed by atoms with Crippen LogP contribution in [0.1, 0.15) is 25.7 Å². The number of unbranched alkanes of at least 4 members (excludes halogenated alkanes) is 2. The maximum absolute atomic E-state index is 10.6. The van der Waals surface area contributed by atoms with E-state index >= 15 is 0 Å². The average molecular weight is 178 g/mol. The zero-order chi connectivity index (χ0) is 9.40. The zero-order valence-electron chi connectivity index (χ0n) is 6.77. The van der Waals surface area contributed by atoms with Crippen LogP contribution < -0.4 is 0 Å². The van der Waals surface area contributed by atoms with E-state index in [0.29, 0.717) is 12.8 Å². The highest BCUT2D eigenvalue weighted by atomic mass is 16.7. The van der Waals surface area contributed by atoms with Crippen LogP contribution in [0.5, 0.6) is 0 Å². The third-order valence-corrected chi connectivity index (χ3v) is 1.28. The molecule has 0 aliphatic rings. The third kappa shape index (κ3) is 7.46. The molecule has 0 saturated carbocycles. The molecule has 0 heterocycles. The minimum atomic E-state index is -2.02. The van der Waals surface area contributed by atoms with E-state index < -0.39 is 12.4 Å². The molecule has 0 fully saturated rings. The molecule has 0 amide bonds. The van der Waals surface area contributed by atoms with Crippen LogP contribution >= 0.6 is 0 Å². The number of rotatable bonds is 6. The van der Waals surface area contributed by atoms with Crippen molar-refractivity contribution in [2.75, 3.05) is 6.61 Å². The van der Waals surface area contributed by atoms with Crippen LogP contribution in [0.25, 0.3) is 0 Å². The second-order valence-corrected chi connectivity index (χ2v) is 2.35. The summed E-state index contributed by atoms with van der Waals surface area (Å²) >= 11 is 0. The quantitative estimate of drug-likeness (QED) is 0.286. The SMILES string of the molecule is O=C(CCCCCO)OC(O)O. The van der Waals surface area contributed by atoms with Gasteiger partial charge in [0, 0.05) is 13.0 Å². The van der Waals surface area contributed by atoms with Gasteiger partial charge < -0.3 is 20.1 Å². The van der Waals surface area contributed by atoms with Crippen molar-refractivity contribution in [1.29, 1.82) is 0 Å². The van der Waals surface area contributed by atoms with Gasteiger partial charge in [-0.1, -0.05) is 6.42 Å². The lowest BCUT2D eigenvalue weighted by molar-refractivity contribution is -0.229. The Kier molecular flexibility index (Phi) is 6.64. The number of hydrogen-bond acceptors (Lipinski definition) is 5. The van der Waals surface area contributed by atoms with Gasteiger partial charge in [0.05, 0.1) is 0 Å². The fourth-order valence-electron chi connectivity index (χ4n) is 0.734. The van der Waals surface area contributed by atoms with Gasteiger partial charge in [0.1, 0.15) is 0 Å². The first-order valence-corrected chi connectivity index (χ1v) is 3.83. The Labute approximate surface area is 70.6 Å². The van der Waals surface area contributed by atoms with Gasteiger partial charge in [-0.25, -0.2) is 0 Å². The summed E-state index contributed by atoms with van der Waals surface area (Å²) in [7, 11) is 0. The molecule has 3 N–H and O–H groups in total. The van der Waals surface area contributed by atoms with E-state index in [2.05, 4.69) is 4.74 Å². The van der Waals surface area contributed by atoms with Crippen molar-refractivity contribution in [3.8, 4) is 0 Å². The third-order valence-electron chi connectivity index (χ3n) is 1.28. The first-order valence-electron chi connectivity index (χ1n) is 3.83. The smallest absolute Gasteiger partial charge is 0.313 e. The summed E-state index contributed by atoms with van der Waals surface area (Å²) in [4.78, 5) is 10.6. The van der Waals surface area contributed by atoms with Gasteiger partial charge in [-0.05, 0) is 12.8 Å². The number of esters is 1. The Morgan fingerprint density at radius 1 is 1.25 bits per heavy atom. The Morgan fingerprint density at radius 2 is 1.92 bits per heavy atom. The fraction of sp³-hybridized carbons (Fsp3) is 0.857. The highest BCUT2D eigenvalue weighted by Gasteiger charge is 2.06. The van der Waals surface area contributed by atoms with E-state index in [0.717, 1.165) is 6.42 Å². The van der Waals surface area contributed by atoms with Crippen LogP contribution in [-0.2, 0) is 9.53 Å². The number of carbonyl (C=O) groups is 1. The summed E-state index contributed by atoms with van der Waals surface area (Å²) in [6.07, 6.45) is 2.12. The Morgan fingerprint density at radius 3 is 2.42 bits per heavy atom. The van der Waals surface area contributed by atoms with Crippen molar-refractivity contribution in [1.82, 2.24) is 0 Å². The molecular formula is C7H14O5. The van der Waals surface area contributed by atoms with E-state index in [1.165, 1.54) is 0 Å². The summed E-state index contributed by atoms with van der Waals surface area (Å²) in [5.74, 6) is -0.636. The second-order valence-electron chi connectivity index (χ2n) is 2.35. The van der Waals surface area contributed by atoms with Gasteiger partial charge in [-0.3, -0.25) is 4.79 Å². The van der Waals surface area contributed by atoms with Crippen molar-refractivity contribution >= 4 is 5.97 Å². The van der Waals surface area contributed by atoms with Gasteiger partial charge in [0.15, 0.2) is 0 Å². The molecule has 0 aromatic rings. The van der Waals surface area contributed by atoms with Crippen molar-refractivity contribution in [2.24, 2.45) is 0 Å². The lowest BCUT2D eigenvalue weighted by atomic mass is 10.2. The number of aliphatic hydroxyl groups is 3. The van der Waals surface area contributed by atoms with Crippen LogP contribution in [0.2, 0.25) is 0 Å². The first-order chi connectivity index (χ1) is 5.66.